The summed E-state index contributed by atoms with van der Waals surface area (Å²) in [6, 6.07) is 0. The van der Waals surface area contributed by atoms with Crippen molar-refractivity contribution in [1.29, 1.82) is 0 Å². The molecule has 0 aromatic heterocycles. The molecule has 4 atom stereocenters. The van der Waals surface area contributed by atoms with Crippen LogP contribution in [0.3, 0.4) is 0 Å². The predicted molar refractivity (Wildman–Crippen MR) is 69.0 cm³/mol. The molecule has 4 aliphatic heterocycles. The molecule has 4 rings (SSSR count). The average Bonchev–Trinajstić information content (AvgIpc) is 2.86. The first-order valence-corrected chi connectivity index (χ1v) is 8.13. The molecule has 0 radical (unpaired) electrons. The van der Waals surface area contributed by atoms with Crippen molar-refractivity contribution in [1.82, 2.24) is 4.90 Å². The van der Waals surface area contributed by atoms with Crippen molar-refractivity contribution < 1.29 is 9.59 Å². The smallest absolute Gasteiger partial charge is 0.247 e. The molecule has 2 bridgehead atoms. The van der Waals surface area contributed by atoms with Gasteiger partial charge < -0.3 is 4.90 Å². The largest absolute Gasteiger partial charge is 0.325 e. The van der Waals surface area contributed by atoms with E-state index in [1.54, 1.807) is 18.7 Å². The zero-order valence-corrected chi connectivity index (χ0v) is 11.4. The van der Waals surface area contributed by atoms with Crippen LogP contribution in [0.5, 0.6) is 0 Å². The molecule has 0 N–H and O–H groups in total. The molecular formula is C12H15NO2S2. The van der Waals surface area contributed by atoms with E-state index in [-0.39, 0.29) is 16.6 Å². The third kappa shape index (κ3) is 0.973. The Hall–Kier alpha value is -0.160. The van der Waals surface area contributed by atoms with E-state index >= 15 is 0 Å². The Morgan fingerprint density at radius 3 is 3.12 bits per heavy atom. The Bertz CT molecular complexity index is 438. The van der Waals surface area contributed by atoms with Gasteiger partial charge in [0.2, 0.25) is 5.91 Å². The zero-order chi connectivity index (χ0) is 11.8. The third-order valence-electron chi connectivity index (χ3n) is 4.85. The molecular weight excluding hydrogens is 254 g/mol. The van der Waals surface area contributed by atoms with Gasteiger partial charge in [0.15, 0.2) is 10.5 Å². The van der Waals surface area contributed by atoms with Gasteiger partial charge in [0.05, 0.1) is 0 Å². The lowest BCUT2D eigenvalue weighted by Gasteiger charge is -2.45. The van der Waals surface area contributed by atoms with E-state index in [9.17, 15) is 9.59 Å². The first-order chi connectivity index (χ1) is 8.11. The summed E-state index contributed by atoms with van der Waals surface area (Å²) in [5.74, 6) is 1.88. The van der Waals surface area contributed by atoms with E-state index < -0.39 is 4.75 Å². The lowest BCUT2D eigenvalue weighted by molar-refractivity contribution is -0.145. The van der Waals surface area contributed by atoms with Crippen molar-refractivity contribution in [2.24, 2.45) is 5.92 Å². The lowest BCUT2D eigenvalue weighted by atomic mass is 9.78. The second-order valence-corrected chi connectivity index (χ2v) is 8.35. The highest BCUT2D eigenvalue weighted by atomic mass is 32.2. The van der Waals surface area contributed by atoms with Gasteiger partial charge in [0, 0.05) is 17.7 Å². The Kier molecular flexibility index (Phi) is 1.92. The quantitative estimate of drug-likeness (QED) is 0.676. The third-order valence-corrected chi connectivity index (χ3v) is 8.73. The van der Waals surface area contributed by atoms with Crippen molar-refractivity contribution in [3.05, 3.63) is 0 Å². The van der Waals surface area contributed by atoms with Gasteiger partial charge in [-0.3, -0.25) is 9.59 Å². The zero-order valence-electron chi connectivity index (χ0n) is 9.77. The van der Waals surface area contributed by atoms with Crippen LogP contribution < -0.4 is 0 Å². The molecule has 3 nitrogen and oxygen atoms in total. The Morgan fingerprint density at radius 1 is 1.53 bits per heavy atom. The summed E-state index contributed by atoms with van der Waals surface area (Å²) in [5, 5.41) is 0.568. The molecule has 4 fully saturated rings. The fourth-order valence-corrected chi connectivity index (χ4v) is 8.31. The Morgan fingerprint density at radius 2 is 2.35 bits per heavy atom. The number of ketones is 1. The first-order valence-electron chi connectivity index (χ1n) is 6.26. The lowest BCUT2D eigenvalue weighted by Crippen LogP contribution is -2.60. The Labute approximate surface area is 109 Å². The van der Waals surface area contributed by atoms with Gasteiger partial charge in [-0.05, 0) is 31.9 Å². The van der Waals surface area contributed by atoms with Crippen molar-refractivity contribution in [2.45, 2.75) is 41.1 Å². The number of hydrogen-bond donors (Lipinski definition) is 0. The summed E-state index contributed by atoms with van der Waals surface area (Å²) in [4.78, 5) is 26.6. The van der Waals surface area contributed by atoms with Crippen LogP contribution in [-0.4, -0.2) is 43.8 Å². The molecule has 4 heterocycles. The average molecular weight is 269 g/mol. The monoisotopic (exact) mass is 269 g/mol. The van der Waals surface area contributed by atoms with E-state index in [2.05, 4.69) is 4.90 Å². The molecule has 0 saturated carbocycles. The summed E-state index contributed by atoms with van der Waals surface area (Å²) in [7, 11) is 0. The number of fused-ring (bicyclic) bond motifs is 1. The molecule has 4 aliphatic rings. The first kappa shape index (κ1) is 10.7. The van der Waals surface area contributed by atoms with Crippen LogP contribution in [0.15, 0.2) is 0 Å². The van der Waals surface area contributed by atoms with Crippen molar-refractivity contribution in [2.75, 3.05) is 12.3 Å². The summed E-state index contributed by atoms with van der Waals surface area (Å²) in [6.45, 7) is 2.47. The van der Waals surface area contributed by atoms with Crippen LogP contribution in [0.25, 0.3) is 0 Å². The van der Waals surface area contributed by atoms with Gasteiger partial charge in [-0.1, -0.05) is 0 Å². The van der Waals surface area contributed by atoms with Crippen molar-refractivity contribution >= 4 is 35.2 Å². The fraction of sp³-hybridized carbons (Fsp3) is 0.833. The maximum Gasteiger partial charge on any atom is 0.247 e. The van der Waals surface area contributed by atoms with Crippen LogP contribution in [-0.2, 0) is 9.59 Å². The normalized spacial score (nSPS) is 50.9. The van der Waals surface area contributed by atoms with Crippen LogP contribution in [0.4, 0.5) is 0 Å². The standard InChI is InChI=1S/C12H15NO2S2/c1-7(14)11-5-8-6-16-9-3-2-4-13(10(11)15)12(8,9)17-11/h8-9H,2-6H2,1H3/t8-,9+,11+,12-/m1/s1. The van der Waals surface area contributed by atoms with Crippen LogP contribution in [0, 0.1) is 5.92 Å². The maximum atomic E-state index is 12.6. The van der Waals surface area contributed by atoms with E-state index in [0.29, 0.717) is 11.2 Å². The molecule has 0 unspecified atom stereocenters. The summed E-state index contributed by atoms with van der Waals surface area (Å²) in [6.07, 6.45) is 3.12. The van der Waals surface area contributed by atoms with Crippen LogP contribution in [0.2, 0.25) is 0 Å². The molecule has 4 saturated heterocycles. The molecule has 17 heavy (non-hydrogen) atoms. The molecule has 1 amide bonds. The highest BCUT2D eigenvalue weighted by Gasteiger charge is 2.76. The van der Waals surface area contributed by atoms with Gasteiger partial charge in [0.25, 0.3) is 0 Å². The molecule has 0 aromatic rings. The van der Waals surface area contributed by atoms with Crippen LogP contribution in [0.1, 0.15) is 26.2 Å². The van der Waals surface area contributed by atoms with Gasteiger partial charge >= 0.3 is 0 Å². The number of carbonyl (C=O) groups excluding carboxylic acids is 2. The Balaban J connectivity index is 1.89. The van der Waals surface area contributed by atoms with Gasteiger partial charge in [0.1, 0.15) is 4.87 Å². The number of Topliss-reactive ketones (excluding diaryl/α,β-unsaturated/α-hetero) is 1. The summed E-state index contributed by atoms with van der Waals surface area (Å²) >= 11 is 3.74. The minimum atomic E-state index is -0.700. The summed E-state index contributed by atoms with van der Waals surface area (Å²) in [5.41, 5.74) is 0. The van der Waals surface area contributed by atoms with Crippen molar-refractivity contribution in [3.63, 3.8) is 0 Å². The minimum Gasteiger partial charge on any atom is -0.325 e. The highest BCUT2D eigenvalue weighted by molar-refractivity contribution is 8.07. The van der Waals surface area contributed by atoms with Gasteiger partial charge in [-0.15, -0.1) is 11.8 Å². The van der Waals surface area contributed by atoms with E-state index in [1.165, 1.54) is 6.42 Å². The maximum absolute atomic E-state index is 12.6. The highest BCUT2D eigenvalue weighted by Crippen LogP contribution is 2.70. The second kappa shape index (κ2) is 3.05. The number of rotatable bonds is 1. The van der Waals surface area contributed by atoms with Gasteiger partial charge in [-0.25, -0.2) is 0 Å². The molecule has 5 heteroatoms. The molecule has 0 aromatic carbocycles. The van der Waals surface area contributed by atoms with Crippen LogP contribution >= 0.6 is 23.5 Å². The van der Waals surface area contributed by atoms with E-state index in [0.717, 1.165) is 25.1 Å². The number of carbonyl (C=O) groups is 2. The fourth-order valence-electron chi connectivity index (χ4n) is 4.08. The number of nitrogens with zero attached hydrogens (tertiary/aromatic N) is 1. The van der Waals surface area contributed by atoms with E-state index in [1.807, 2.05) is 11.8 Å². The topological polar surface area (TPSA) is 37.4 Å². The molecule has 1 spiro atoms. The minimum absolute atomic E-state index is 0.00826. The second-order valence-electron chi connectivity index (χ2n) is 5.56. The number of amides is 1. The number of piperidine rings is 2. The molecule has 92 valence electrons. The van der Waals surface area contributed by atoms with Crippen molar-refractivity contribution in [3.8, 4) is 0 Å². The van der Waals surface area contributed by atoms with Gasteiger partial charge in [-0.2, -0.15) is 11.8 Å². The predicted octanol–water partition coefficient (Wildman–Crippen LogP) is 1.52. The number of hydrogen-bond acceptors (Lipinski definition) is 4. The summed E-state index contributed by atoms with van der Waals surface area (Å²) < 4.78 is -0.700. The SMILES string of the molecule is CC(=O)[C@@]12C[C@@H]3CS[C@H]4CCCN(C1=O)[C@@]34S2. The number of thioether (sulfide) groups is 2. The van der Waals surface area contributed by atoms with E-state index in [4.69, 9.17) is 0 Å². The molecule has 0 aliphatic carbocycles.